The van der Waals surface area contributed by atoms with Gasteiger partial charge in [0.15, 0.2) is 0 Å². The van der Waals surface area contributed by atoms with E-state index in [0.29, 0.717) is 17.0 Å². The lowest BCUT2D eigenvalue weighted by molar-refractivity contribution is -0.117. The van der Waals surface area contributed by atoms with Crippen molar-refractivity contribution < 1.29 is 19.4 Å². The van der Waals surface area contributed by atoms with Gasteiger partial charge in [0.05, 0.1) is 26.3 Å². The van der Waals surface area contributed by atoms with Crippen molar-refractivity contribution in [2.75, 3.05) is 25.1 Å². The van der Waals surface area contributed by atoms with Crippen molar-refractivity contribution in [2.24, 2.45) is 11.5 Å². The average molecular weight is 281 g/mol. The second kappa shape index (κ2) is 6.76. The molecule has 1 aromatic rings. The third-order valence-corrected chi connectivity index (χ3v) is 2.71. The largest absolute Gasteiger partial charge is 0.496 e. The molecule has 5 N–H and O–H groups in total. The molecule has 0 aliphatic heterocycles. The van der Waals surface area contributed by atoms with Gasteiger partial charge in [-0.2, -0.15) is 0 Å². The van der Waals surface area contributed by atoms with Gasteiger partial charge in [-0.3, -0.25) is 9.59 Å². The second-order valence-corrected chi connectivity index (χ2v) is 4.36. The highest BCUT2D eigenvalue weighted by Gasteiger charge is 2.21. The summed E-state index contributed by atoms with van der Waals surface area (Å²) in [7, 11) is 1.47. The Morgan fingerprint density at radius 2 is 1.85 bits per heavy atom. The van der Waals surface area contributed by atoms with E-state index >= 15 is 0 Å². The lowest BCUT2D eigenvalue weighted by atomic mass is 10.1. The molecule has 0 saturated heterocycles. The van der Waals surface area contributed by atoms with E-state index in [2.05, 4.69) is 0 Å². The predicted octanol–water partition coefficient (Wildman–Crippen LogP) is -0.474. The standard InChI is InChI=1S/C13H19N3O4/c1-8(17)13-9(4-3-5-10(13)20-2)16(6-11(14)18)7-12(15)19/h3-5,8,17H,6-7H2,1-2H3,(H2,14,18)(H2,15,19). The van der Waals surface area contributed by atoms with Gasteiger partial charge in [0.1, 0.15) is 5.75 Å². The first kappa shape index (κ1) is 15.8. The maximum absolute atomic E-state index is 11.1. The number of anilines is 1. The van der Waals surface area contributed by atoms with Gasteiger partial charge in [0.2, 0.25) is 11.8 Å². The molecule has 0 fully saturated rings. The molecule has 0 bridgehead atoms. The summed E-state index contributed by atoms with van der Waals surface area (Å²) in [5.41, 5.74) is 11.3. The SMILES string of the molecule is COc1cccc(N(CC(N)=O)CC(N)=O)c1C(C)O. The van der Waals surface area contributed by atoms with Gasteiger partial charge in [-0.25, -0.2) is 0 Å². The Labute approximate surface area is 117 Å². The molecule has 20 heavy (non-hydrogen) atoms. The third-order valence-electron chi connectivity index (χ3n) is 2.71. The smallest absolute Gasteiger partial charge is 0.236 e. The molecule has 1 aromatic carbocycles. The van der Waals surface area contributed by atoms with E-state index in [4.69, 9.17) is 16.2 Å². The first-order valence-corrected chi connectivity index (χ1v) is 6.03. The quantitative estimate of drug-likeness (QED) is 0.624. The molecule has 7 nitrogen and oxygen atoms in total. The molecule has 1 rings (SSSR count). The van der Waals surface area contributed by atoms with Crippen LogP contribution in [-0.2, 0) is 9.59 Å². The highest BCUT2D eigenvalue weighted by Crippen LogP contribution is 2.34. The van der Waals surface area contributed by atoms with Gasteiger partial charge in [-0.15, -0.1) is 0 Å². The number of ether oxygens (including phenoxy) is 1. The molecule has 110 valence electrons. The van der Waals surface area contributed by atoms with E-state index in [0.717, 1.165) is 0 Å². The molecule has 0 aliphatic carbocycles. The maximum atomic E-state index is 11.1. The van der Waals surface area contributed by atoms with E-state index in [1.807, 2.05) is 0 Å². The summed E-state index contributed by atoms with van der Waals surface area (Å²) >= 11 is 0. The number of hydrogen-bond acceptors (Lipinski definition) is 5. The minimum atomic E-state index is -0.843. The molecule has 0 radical (unpaired) electrons. The second-order valence-electron chi connectivity index (χ2n) is 4.36. The lowest BCUT2D eigenvalue weighted by Crippen LogP contribution is -2.40. The number of benzene rings is 1. The number of nitrogens with two attached hydrogens (primary N) is 2. The van der Waals surface area contributed by atoms with Crippen LogP contribution < -0.4 is 21.1 Å². The van der Waals surface area contributed by atoms with Crippen molar-refractivity contribution in [3.8, 4) is 5.75 Å². The number of hydrogen-bond donors (Lipinski definition) is 3. The average Bonchev–Trinajstić information content (AvgIpc) is 2.35. The van der Waals surface area contributed by atoms with Gasteiger partial charge >= 0.3 is 0 Å². The summed E-state index contributed by atoms with van der Waals surface area (Å²) in [5.74, 6) is -0.757. The predicted molar refractivity (Wildman–Crippen MR) is 74.2 cm³/mol. The summed E-state index contributed by atoms with van der Waals surface area (Å²) in [4.78, 5) is 23.7. The number of carbonyl (C=O) groups excluding carboxylic acids is 2. The van der Waals surface area contributed by atoms with Gasteiger partial charge in [-0.05, 0) is 19.1 Å². The fraction of sp³-hybridized carbons (Fsp3) is 0.385. The maximum Gasteiger partial charge on any atom is 0.236 e. The lowest BCUT2D eigenvalue weighted by Gasteiger charge is -2.26. The van der Waals surface area contributed by atoms with Crippen LogP contribution in [0.1, 0.15) is 18.6 Å². The van der Waals surface area contributed by atoms with Crippen LogP contribution in [0.2, 0.25) is 0 Å². The highest BCUT2D eigenvalue weighted by molar-refractivity contribution is 5.85. The minimum Gasteiger partial charge on any atom is -0.496 e. The van der Waals surface area contributed by atoms with Crippen LogP contribution in [0.25, 0.3) is 0 Å². The van der Waals surface area contributed by atoms with Gasteiger partial charge < -0.3 is 26.2 Å². The molecular formula is C13H19N3O4. The van der Waals surface area contributed by atoms with Crippen LogP contribution >= 0.6 is 0 Å². The van der Waals surface area contributed by atoms with E-state index < -0.39 is 17.9 Å². The van der Waals surface area contributed by atoms with Crippen molar-refractivity contribution in [3.63, 3.8) is 0 Å². The summed E-state index contributed by atoms with van der Waals surface area (Å²) in [6.45, 7) is 1.19. The molecule has 0 aliphatic rings. The summed E-state index contributed by atoms with van der Waals surface area (Å²) in [6.07, 6.45) is -0.843. The van der Waals surface area contributed by atoms with Crippen molar-refractivity contribution >= 4 is 17.5 Å². The first-order valence-electron chi connectivity index (χ1n) is 6.03. The van der Waals surface area contributed by atoms with Crippen LogP contribution in [-0.4, -0.2) is 37.1 Å². The van der Waals surface area contributed by atoms with Crippen molar-refractivity contribution in [1.29, 1.82) is 0 Å². The molecular weight excluding hydrogens is 262 g/mol. The zero-order valence-electron chi connectivity index (χ0n) is 11.5. The van der Waals surface area contributed by atoms with Crippen LogP contribution in [0.5, 0.6) is 5.75 Å². The summed E-state index contributed by atoms with van der Waals surface area (Å²) < 4.78 is 5.19. The van der Waals surface area contributed by atoms with Gasteiger partial charge in [-0.1, -0.05) is 6.07 Å². The number of methoxy groups -OCH3 is 1. The Bertz CT molecular complexity index is 486. The van der Waals surface area contributed by atoms with Crippen LogP contribution in [0, 0.1) is 0 Å². The Morgan fingerprint density at radius 3 is 2.25 bits per heavy atom. The Morgan fingerprint density at radius 1 is 1.30 bits per heavy atom. The fourth-order valence-corrected chi connectivity index (χ4v) is 2.01. The molecule has 7 heteroatoms. The van der Waals surface area contributed by atoms with Crippen molar-refractivity contribution in [3.05, 3.63) is 23.8 Å². The Kier molecular flexibility index (Phi) is 5.33. The zero-order chi connectivity index (χ0) is 15.3. The van der Waals surface area contributed by atoms with Crippen LogP contribution in [0.3, 0.4) is 0 Å². The fourth-order valence-electron chi connectivity index (χ4n) is 2.01. The van der Waals surface area contributed by atoms with E-state index in [1.165, 1.54) is 12.0 Å². The van der Waals surface area contributed by atoms with E-state index in [-0.39, 0.29) is 13.1 Å². The normalized spacial score (nSPS) is 11.8. The number of primary amides is 2. The number of aliphatic hydroxyl groups is 1. The highest BCUT2D eigenvalue weighted by atomic mass is 16.5. The molecule has 2 amide bonds. The van der Waals surface area contributed by atoms with Gasteiger partial charge in [0.25, 0.3) is 0 Å². The van der Waals surface area contributed by atoms with E-state index in [1.54, 1.807) is 25.1 Å². The summed E-state index contributed by atoms with van der Waals surface area (Å²) in [6, 6.07) is 5.03. The molecule has 0 spiro atoms. The Hall–Kier alpha value is -2.28. The van der Waals surface area contributed by atoms with Crippen molar-refractivity contribution in [1.82, 2.24) is 0 Å². The minimum absolute atomic E-state index is 0.185. The number of nitrogens with zero attached hydrogens (tertiary/aromatic N) is 1. The monoisotopic (exact) mass is 281 g/mol. The van der Waals surface area contributed by atoms with Crippen LogP contribution in [0.15, 0.2) is 18.2 Å². The van der Waals surface area contributed by atoms with E-state index in [9.17, 15) is 14.7 Å². The Balaban J connectivity index is 3.30. The topological polar surface area (TPSA) is 119 Å². The number of rotatable bonds is 7. The summed E-state index contributed by atoms with van der Waals surface area (Å²) in [5, 5.41) is 9.89. The molecule has 0 heterocycles. The van der Waals surface area contributed by atoms with Crippen molar-refractivity contribution in [2.45, 2.75) is 13.0 Å². The molecule has 0 aromatic heterocycles. The number of amides is 2. The van der Waals surface area contributed by atoms with Gasteiger partial charge in [0, 0.05) is 11.3 Å². The van der Waals surface area contributed by atoms with Crippen LogP contribution in [0.4, 0.5) is 5.69 Å². The molecule has 1 unspecified atom stereocenters. The molecule has 0 saturated carbocycles. The zero-order valence-corrected chi connectivity index (χ0v) is 11.5. The third kappa shape index (κ3) is 3.86. The number of carbonyl (C=O) groups is 2. The first-order chi connectivity index (χ1) is 9.36. The number of aliphatic hydroxyl groups excluding tert-OH is 1. The molecule has 1 atom stereocenters.